The number of aromatic nitrogens is 4. The number of fused-ring (bicyclic) bond motifs is 1. The molecule has 152 valence electrons. The van der Waals surface area contributed by atoms with Gasteiger partial charge in [-0.3, -0.25) is 13.9 Å². The van der Waals surface area contributed by atoms with E-state index in [1.807, 2.05) is 0 Å². The molecule has 2 aromatic rings. The Kier molecular flexibility index (Phi) is 5.58. The molecular formula is C16H24F3N5O3. The van der Waals surface area contributed by atoms with Gasteiger partial charge in [-0.15, -0.1) is 0 Å². The molecule has 2 heterocycles. The summed E-state index contributed by atoms with van der Waals surface area (Å²) in [5.74, 6) is 0. The van der Waals surface area contributed by atoms with Crippen LogP contribution in [0.3, 0.4) is 0 Å². The van der Waals surface area contributed by atoms with Crippen molar-refractivity contribution in [1.82, 2.24) is 24.8 Å². The number of unbranched alkanes of at least 4 members (excludes halogenated alkanes) is 1. The first-order valence-electron chi connectivity index (χ1n) is 8.50. The molecule has 0 saturated heterocycles. The van der Waals surface area contributed by atoms with Crippen LogP contribution in [0.4, 0.5) is 13.2 Å². The third kappa shape index (κ3) is 3.79. The maximum absolute atomic E-state index is 12.7. The largest absolute Gasteiger partial charge is 0.416 e. The van der Waals surface area contributed by atoms with Crippen LogP contribution >= 0.6 is 0 Å². The number of halogens is 3. The van der Waals surface area contributed by atoms with Gasteiger partial charge in [-0.05, 0) is 39.0 Å². The van der Waals surface area contributed by atoms with Crippen LogP contribution in [0.15, 0.2) is 15.9 Å². The second-order valence-corrected chi connectivity index (χ2v) is 7.08. The van der Waals surface area contributed by atoms with Crippen molar-refractivity contribution in [3.05, 3.63) is 27.2 Å². The molecule has 0 aliphatic heterocycles. The Hall–Kier alpha value is -2.14. The second-order valence-electron chi connectivity index (χ2n) is 7.08. The Labute approximate surface area is 152 Å². The van der Waals surface area contributed by atoms with E-state index in [1.54, 1.807) is 10.9 Å². The summed E-state index contributed by atoms with van der Waals surface area (Å²) in [6.45, 7) is 0.712. The molecule has 11 heteroatoms. The normalized spacial score (nSPS) is 17.0. The number of alkyl halides is 3. The lowest BCUT2D eigenvalue weighted by Gasteiger charge is -2.26. The maximum Gasteiger partial charge on any atom is 0.416 e. The first-order valence-corrected chi connectivity index (χ1v) is 8.50. The van der Waals surface area contributed by atoms with Gasteiger partial charge in [-0.1, -0.05) is 0 Å². The molecule has 0 bridgehead atoms. The number of hydrogen-bond donors (Lipinski definition) is 2. The molecule has 1 fully saturated rings. The molecule has 27 heavy (non-hydrogen) atoms. The molecule has 1 saturated carbocycles. The van der Waals surface area contributed by atoms with E-state index in [0.717, 1.165) is 24.3 Å². The molecular weight excluding hydrogens is 367 g/mol. The Bertz CT molecular complexity index is 938. The van der Waals surface area contributed by atoms with E-state index in [1.165, 1.54) is 11.6 Å². The predicted molar refractivity (Wildman–Crippen MR) is 93.1 cm³/mol. The van der Waals surface area contributed by atoms with E-state index in [0.29, 0.717) is 11.2 Å². The fourth-order valence-electron chi connectivity index (χ4n) is 3.00. The Morgan fingerprint density at radius 3 is 2.44 bits per heavy atom. The minimum absolute atomic E-state index is 0. The number of hydrogen-bond acceptors (Lipinski definition) is 5. The summed E-state index contributed by atoms with van der Waals surface area (Å²) < 4.78 is 42.1. The van der Waals surface area contributed by atoms with Crippen molar-refractivity contribution in [3.8, 4) is 0 Å². The van der Waals surface area contributed by atoms with Gasteiger partial charge in [0, 0.05) is 19.6 Å². The lowest BCUT2D eigenvalue weighted by Crippen LogP contribution is -2.42. The van der Waals surface area contributed by atoms with Crippen LogP contribution in [0.1, 0.15) is 45.1 Å². The van der Waals surface area contributed by atoms with Crippen LogP contribution in [0.2, 0.25) is 0 Å². The van der Waals surface area contributed by atoms with Crippen LogP contribution in [0.5, 0.6) is 0 Å². The second kappa shape index (κ2) is 7.12. The summed E-state index contributed by atoms with van der Waals surface area (Å²) in [7, 11) is 1.51. The number of nitrogens with zero attached hydrogens (tertiary/aromatic N) is 4. The third-order valence-electron chi connectivity index (χ3n) is 4.90. The lowest BCUT2D eigenvalue weighted by atomic mass is 9.98. The van der Waals surface area contributed by atoms with Crippen molar-refractivity contribution >= 4 is 11.2 Å². The van der Waals surface area contributed by atoms with Crippen molar-refractivity contribution in [2.45, 2.75) is 63.4 Å². The zero-order valence-corrected chi connectivity index (χ0v) is 15.3. The van der Waals surface area contributed by atoms with Crippen LogP contribution in [-0.2, 0) is 13.6 Å². The van der Waals surface area contributed by atoms with Crippen LogP contribution in [0.25, 0.3) is 11.2 Å². The van der Waals surface area contributed by atoms with Gasteiger partial charge in [0.25, 0.3) is 5.56 Å². The van der Waals surface area contributed by atoms with E-state index in [-0.39, 0.29) is 31.6 Å². The summed E-state index contributed by atoms with van der Waals surface area (Å²) in [6.07, 6.45) is -1.56. The summed E-state index contributed by atoms with van der Waals surface area (Å²) in [4.78, 5) is 29.3. The SMILES string of the molecule is Cn1c(=O)n(CCCCC(C)(O)C(F)(F)F)c(=O)c2c1ncn2C1CC1.N. The van der Waals surface area contributed by atoms with Crippen molar-refractivity contribution in [2.75, 3.05) is 0 Å². The van der Waals surface area contributed by atoms with E-state index >= 15 is 0 Å². The molecule has 1 atom stereocenters. The van der Waals surface area contributed by atoms with Gasteiger partial charge in [0.2, 0.25) is 0 Å². The zero-order chi connectivity index (χ0) is 19.3. The van der Waals surface area contributed by atoms with Gasteiger partial charge in [-0.2, -0.15) is 13.2 Å². The van der Waals surface area contributed by atoms with E-state index in [2.05, 4.69) is 4.98 Å². The molecule has 0 amide bonds. The van der Waals surface area contributed by atoms with E-state index < -0.39 is 29.4 Å². The highest BCUT2D eigenvalue weighted by atomic mass is 19.4. The smallest absolute Gasteiger partial charge is 0.381 e. The minimum atomic E-state index is -4.71. The molecule has 0 spiro atoms. The van der Waals surface area contributed by atoms with Gasteiger partial charge in [0.05, 0.1) is 6.33 Å². The molecule has 0 radical (unpaired) electrons. The number of imidazole rings is 1. The number of aryl methyl sites for hydroxylation is 1. The van der Waals surface area contributed by atoms with Gasteiger partial charge in [-0.25, -0.2) is 9.78 Å². The van der Waals surface area contributed by atoms with E-state index in [4.69, 9.17) is 0 Å². The molecule has 1 unspecified atom stereocenters. The summed E-state index contributed by atoms with van der Waals surface area (Å²) in [5, 5.41) is 9.45. The Morgan fingerprint density at radius 2 is 1.89 bits per heavy atom. The fraction of sp³-hybridized carbons (Fsp3) is 0.688. The molecule has 1 aliphatic carbocycles. The average molecular weight is 391 g/mol. The topological polar surface area (TPSA) is 117 Å². The highest BCUT2D eigenvalue weighted by molar-refractivity contribution is 5.70. The first kappa shape index (κ1) is 21.2. The van der Waals surface area contributed by atoms with Gasteiger partial charge in [0.1, 0.15) is 0 Å². The quantitative estimate of drug-likeness (QED) is 0.729. The zero-order valence-electron chi connectivity index (χ0n) is 15.3. The average Bonchev–Trinajstić information content (AvgIpc) is 3.29. The van der Waals surface area contributed by atoms with Crippen molar-refractivity contribution < 1.29 is 18.3 Å². The highest BCUT2D eigenvalue weighted by Gasteiger charge is 2.49. The Morgan fingerprint density at radius 1 is 1.26 bits per heavy atom. The van der Waals surface area contributed by atoms with Gasteiger partial charge >= 0.3 is 11.9 Å². The highest BCUT2D eigenvalue weighted by Crippen LogP contribution is 2.36. The van der Waals surface area contributed by atoms with Crippen LogP contribution in [0, 0.1) is 0 Å². The monoisotopic (exact) mass is 391 g/mol. The molecule has 8 nitrogen and oxygen atoms in total. The standard InChI is InChI=1S/C16H21F3N4O3.H3N/c1-15(26,16(17,18)19)7-3-4-8-22-13(24)11-12(21(2)14(22)25)20-9-23(11)10-5-6-10;/h9-10,26H,3-8H2,1-2H3;1H3. The lowest BCUT2D eigenvalue weighted by molar-refractivity contribution is -0.255. The molecule has 4 N–H and O–H groups in total. The summed E-state index contributed by atoms with van der Waals surface area (Å²) in [5.41, 5.74) is -3.15. The van der Waals surface area contributed by atoms with E-state index in [9.17, 15) is 27.9 Å². The van der Waals surface area contributed by atoms with Gasteiger partial charge in [0.15, 0.2) is 16.8 Å². The molecule has 2 aromatic heterocycles. The first-order chi connectivity index (χ1) is 12.0. The van der Waals surface area contributed by atoms with Crippen molar-refractivity contribution in [1.29, 1.82) is 0 Å². The minimum Gasteiger partial charge on any atom is -0.381 e. The van der Waals surface area contributed by atoms with Crippen LogP contribution < -0.4 is 17.4 Å². The number of rotatable bonds is 6. The van der Waals surface area contributed by atoms with Crippen molar-refractivity contribution in [2.24, 2.45) is 7.05 Å². The molecule has 1 aliphatic rings. The number of aliphatic hydroxyl groups is 1. The third-order valence-corrected chi connectivity index (χ3v) is 4.90. The molecule has 0 aromatic carbocycles. The fourth-order valence-corrected chi connectivity index (χ4v) is 3.00. The van der Waals surface area contributed by atoms with Crippen LogP contribution in [-0.4, -0.2) is 35.6 Å². The predicted octanol–water partition coefficient (Wildman–Crippen LogP) is 1.88. The van der Waals surface area contributed by atoms with Crippen molar-refractivity contribution in [3.63, 3.8) is 0 Å². The summed E-state index contributed by atoms with van der Waals surface area (Å²) in [6, 6.07) is 0.209. The molecule has 3 rings (SSSR count). The maximum atomic E-state index is 12.7. The Balaban J connectivity index is 0.00000261. The summed E-state index contributed by atoms with van der Waals surface area (Å²) >= 11 is 0. The van der Waals surface area contributed by atoms with Gasteiger partial charge < -0.3 is 15.8 Å².